The van der Waals surface area contributed by atoms with Crippen molar-refractivity contribution in [2.45, 2.75) is 11.1 Å². The molecule has 0 spiro atoms. The molecule has 214 valence electrons. The first-order valence-corrected chi connectivity index (χ1v) is 16.6. The molecule has 5 aromatic rings. The van der Waals surface area contributed by atoms with E-state index in [1.54, 1.807) is 0 Å². The fourth-order valence-electron chi connectivity index (χ4n) is 4.87. The number of aromatic carboxylic acids is 2. The Bertz CT molecular complexity index is 1630. The molecule has 9 heteroatoms. The second-order valence-electron chi connectivity index (χ2n) is 9.50. The third-order valence-electron chi connectivity index (χ3n) is 6.81. The topological polar surface area (TPSA) is 129 Å². The van der Waals surface area contributed by atoms with E-state index in [9.17, 15) is 18.0 Å². The molecule has 0 aliphatic carbocycles. The van der Waals surface area contributed by atoms with Crippen molar-refractivity contribution in [1.82, 2.24) is 0 Å². The number of benzene rings is 5. The molecule has 7 nitrogen and oxygen atoms in total. The van der Waals surface area contributed by atoms with Gasteiger partial charge in [-0.05, 0) is 18.2 Å². The van der Waals surface area contributed by atoms with Crippen LogP contribution in [0.2, 0.25) is 0 Å². The molecule has 0 aliphatic rings. The Labute approximate surface area is 244 Å². The molecule has 42 heavy (non-hydrogen) atoms. The van der Waals surface area contributed by atoms with Gasteiger partial charge in [0.2, 0.25) is 0 Å². The Hall–Kier alpha value is -4.62. The van der Waals surface area contributed by atoms with Crippen LogP contribution in [0.1, 0.15) is 26.3 Å². The zero-order valence-electron chi connectivity index (χ0n) is 22.4. The summed E-state index contributed by atoms with van der Waals surface area (Å²) in [6.07, 6.45) is 1.06. The van der Waals surface area contributed by atoms with E-state index in [0.717, 1.165) is 12.2 Å². The summed E-state index contributed by atoms with van der Waals surface area (Å²) in [6.45, 7) is 0. The summed E-state index contributed by atoms with van der Waals surface area (Å²) >= 11 is 0. The zero-order valence-corrected chi connectivity index (χ0v) is 24.2. The van der Waals surface area contributed by atoms with Crippen LogP contribution in [-0.2, 0) is 16.3 Å². The molecular formula is C33H29O7PS. The van der Waals surface area contributed by atoms with Crippen molar-refractivity contribution in [2.24, 2.45) is 0 Å². The van der Waals surface area contributed by atoms with E-state index in [4.69, 9.17) is 14.8 Å². The summed E-state index contributed by atoms with van der Waals surface area (Å²) in [5.41, 5.74) is 0.329. The molecule has 3 N–H and O–H groups in total. The van der Waals surface area contributed by atoms with E-state index in [1.807, 2.05) is 0 Å². The van der Waals surface area contributed by atoms with Crippen LogP contribution in [0.3, 0.4) is 0 Å². The van der Waals surface area contributed by atoms with E-state index in [0.29, 0.717) is 12.1 Å². The molecular weight excluding hydrogens is 571 g/mol. The van der Waals surface area contributed by atoms with Gasteiger partial charge in [0.25, 0.3) is 10.1 Å². The number of carboxylic acid groups (broad SMARTS) is 2. The van der Waals surface area contributed by atoms with Crippen LogP contribution in [0.25, 0.3) is 0 Å². The molecule has 0 aromatic heterocycles. The standard InChI is InChI=1S/C25H23P.C8H6O7S/c1-5-13-22(14-6-1)21-26(23-15-7-2-8-16-23,24-17-9-3-10-18-24)25-19-11-4-12-20-25;9-7(10)4-1-5(8(11)12)3-6(2-4)16(13,14)15/h1-20,26H,21H2;1-3H,(H,9,10)(H,11,12)(H,13,14,15). The van der Waals surface area contributed by atoms with Crippen LogP contribution in [0.15, 0.2) is 144 Å². The van der Waals surface area contributed by atoms with Crippen LogP contribution < -0.4 is 15.9 Å². The third-order valence-corrected chi connectivity index (χ3v) is 12.5. The van der Waals surface area contributed by atoms with E-state index in [-0.39, 0.29) is 0 Å². The number of rotatable bonds is 8. The molecule has 0 unspecified atom stereocenters. The van der Waals surface area contributed by atoms with Gasteiger partial charge in [-0.2, -0.15) is 8.42 Å². The Morgan fingerprint density at radius 3 is 1.19 bits per heavy atom. The van der Waals surface area contributed by atoms with Gasteiger partial charge in [0.15, 0.2) is 0 Å². The van der Waals surface area contributed by atoms with Gasteiger partial charge in [-0.25, -0.2) is 9.59 Å². The van der Waals surface area contributed by atoms with E-state index >= 15 is 0 Å². The van der Waals surface area contributed by atoms with Crippen molar-refractivity contribution >= 4 is 45.2 Å². The maximum atomic E-state index is 10.8. The number of hydrogen-bond donors (Lipinski definition) is 3. The molecule has 0 radical (unpaired) electrons. The average Bonchev–Trinajstić information content (AvgIpc) is 3.01. The summed E-state index contributed by atoms with van der Waals surface area (Å²) < 4.78 is 30.2. The molecule has 0 saturated heterocycles. The van der Waals surface area contributed by atoms with Gasteiger partial charge in [-0.15, -0.1) is 0 Å². The van der Waals surface area contributed by atoms with Crippen LogP contribution in [-0.4, -0.2) is 35.1 Å². The van der Waals surface area contributed by atoms with Crippen molar-refractivity contribution in [2.75, 3.05) is 0 Å². The van der Waals surface area contributed by atoms with E-state index < -0.39 is 45.3 Å². The SMILES string of the molecule is O=C(O)c1cc(C(=O)O)cc(S(=O)(=O)O)c1.c1ccc(C[PH](c2ccccc2)(c2ccccc2)c2ccccc2)cc1. The number of carboxylic acids is 2. The van der Waals surface area contributed by atoms with Gasteiger partial charge in [0, 0.05) is 0 Å². The maximum absolute atomic E-state index is 10.8. The molecule has 5 rings (SSSR count). The summed E-state index contributed by atoms with van der Waals surface area (Å²) in [5.74, 6) is -2.99. The van der Waals surface area contributed by atoms with Crippen molar-refractivity contribution in [3.05, 3.63) is 156 Å². The van der Waals surface area contributed by atoms with Gasteiger partial charge in [-0.1, -0.05) is 0 Å². The molecule has 5 aromatic carbocycles. The van der Waals surface area contributed by atoms with Crippen molar-refractivity contribution < 1.29 is 32.8 Å². The average molecular weight is 601 g/mol. The summed E-state index contributed by atoms with van der Waals surface area (Å²) in [7, 11) is -6.81. The number of hydrogen-bond acceptors (Lipinski definition) is 4. The molecule has 0 fully saturated rings. The molecule has 0 aliphatic heterocycles. The Kier molecular flexibility index (Phi) is 9.65. The van der Waals surface area contributed by atoms with Gasteiger partial charge in [-0.3, -0.25) is 4.55 Å². The quantitative estimate of drug-likeness (QED) is 0.164. The first-order chi connectivity index (χ1) is 20.1. The molecule has 0 atom stereocenters. The van der Waals surface area contributed by atoms with Crippen LogP contribution in [0.4, 0.5) is 0 Å². The Morgan fingerprint density at radius 2 is 0.881 bits per heavy atom. The summed E-state index contributed by atoms with van der Waals surface area (Å²) in [6, 6.07) is 46.3. The molecule has 0 heterocycles. The van der Waals surface area contributed by atoms with Gasteiger partial charge >= 0.3 is 168 Å². The summed E-state index contributed by atoms with van der Waals surface area (Å²) in [4.78, 5) is 20.4. The third kappa shape index (κ3) is 7.17. The van der Waals surface area contributed by atoms with Crippen LogP contribution >= 0.6 is 7.26 Å². The minimum atomic E-state index is -4.64. The zero-order chi connectivity index (χ0) is 30.2. The second kappa shape index (κ2) is 13.4. The minimum absolute atomic E-state index is 0.535. The predicted octanol–water partition coefficient (Wildman–Crippen LogP) is 5.24. The Morgan fingerprint density at radius 1 is 0.548 bits per heavy atom. The van der Waals surface area contributed by atoms with Crippen LogP contribution in [0, 0.1) is 0 Å². The normalized spacial score (nSPS) is 11.5. The first-order valence-electron chi connectivity index (χ1n) is 12.9. The van der Waals surface area contributed by atoms with Gasteiger partial charge in [0.1, 0.15) is 0 Å². The number of carbonyl (C=O) groups is 2. The van der Waals surface area contributed by atoms with E-state index in [2.05, 4.69) is 121 Å². The Balaban J connectivity index is 0.000000219. The predicted molar refractivity (Wildman–Crippen MR) is 167 cm³/mol. The van der Waals surface area contributed by atoms with Crippen LogP contribution in [0.5, 0.6) is 0 Å². The van der Waals surface area contributed by atoms with Crippen molar-refractivity contribution in [3.63, 3.8) is 0 Å². The molecule has 0 amide bonds. The summed E-state index contributed by atoms with van der Waals surface area (Å²) in [5, 5.41) is 21.6. The molecule has 0 bridgehead atoms. The van der Waals surface area contributed by atoms with E-state index in [1.165, 1.54) is 21.5 Å². The fraction of sp³-hybridized carbons (Fsp3) is 0.0303. The monoisotopic (exact) mass is 600 g/mol. The van der Waals surface area contributed by atoms with Gasteiger partial charge in [0.05, 0.1) is 16.0 Å². The van der Waals surface area contributed by atoms with Crippen molar-refractivity contribution in [1.29, 1.82) is 0 Å². The second-order valence-corrected chi connectivity index (χ2v) is 14.8. The fourth-order valence-corrected chi connectivity index (χ4v) is 10.2. The van der Waals surface area contributed by atoms with Crippen molar-refractivity contribution in [3.8, 4) is 0 Å². The molecule has 0 saturated carbocycles. The first kappa shape index (κ1) is 30.3. The van der Waals surface area contributed by atoms with Gasteiger partial charge < -0.3 is 10.2 Å².